The van der Waals surface area contributed by atoms with E-state index in [0.717, 1.165) is 5.85 Å². The number of epoxide rings is 1. The van der Waals surface area contributed by atoms with Crippen molar-refractivity contribution in [3.63, 3.8) is 0 Å². The summed E-state index contributed by atoms with van der Waals surface area (Å²) in [4.78, 5) is 0. The maximum atomic E-state index is 5.42. The first-order chi connectivity index (χ1) is 3.88. The molecule has 0 amide bonds. The Balaban J connectivity index is 1.99. The predicted molar refractivity (Wildman–Crippen MR) is 35.6 cm³/mol. The van der Waals surface area contributed by atoms with Crippen molar-refractivity contribution in [2.45, 2.75) is 24.8 Å². The van der Waals surface area contributed by atoms with Crippen molar-refractivity contribution in [2.75, 3.05) is 12.8 Å². The lowest BCUT2D eigenvalue weighted by Crippen LogP contribution is -2.02. The third kappa shape index (κ3) is 0.691. The van der Waals surface area contributed by atoms with Gasteiger partial charge in [-0.3, -0.25) is 0 Å². The molecule has 8 heavy (non-hydrogen) atoms. The van der Waals surface area contributed by atoms with Crippen LogP contribution in [0.5, 0.6) is 0 Å². The van der Waals surface area contributed by atoms with Crippen LogP contribution in [0.15, 0.2) is 0 Å². The number of ether oxygens (including phenoxy) is 1. The van der Waals surface area contributed by atoms with Gasteiger partial charge in [0.1, 0.15) is 5.85 Å². The molecular weight excluding hydrogens is 119 g/mol. The molecule has 2 heterocycles. The minimum absolute atomic E-state index is 0.299. The molecule has 0 aromatic heterocycles. The van der Waals surface area contributed by atoms with E-state index in [-0.39, 0.29) is 0 Å². The topological polar surface area (TPSA) is 12.5 Å². The predicted octanol–water partition coefficient (Wildman–Crippen LogP) is 1.62. The highest BCUT2D eigenvalue weighted by molar-refractivity contribution is 7.57. The summed E-state index contributed by atoms with van der Waals surface area (Å²) in [5.74, 6) is 0.735. The lowest BCUT2D eigenvalue weighted by Gasteiger charge is -2.11. The molecule has 0 aromatic rings. The maximum absolute atomic E-state index is 5.42. The molecule has 46 valence electrons. The average molecular weight is 130 g/mol. The number of rotatable bonds is 0. The lowest BCUT2D eigenvalue weighted by molar-refractivity contribution is 0.391. The molecule has 0 spiro atoms. The van der Waals surface area contributed by atoms with E-state index in [2.05, 4.69) is 6.66 Å². The standard InChI is InChI=1S/C6H11OP/c1-8-4-2-3-5-6(8)7-5/h5-6H,2-4H2,1H3. The minimum atomic E-state index is 0.299. The van der Waals surface area contributed by atoms with Gasteiger partial charge in [0, 0.05) is 0 Å². The molecule has 1 nitrogen and oxygen atoms in total. The Morgan fingerprint density at radius 2 is 2.50 bits per heavy atom. The van der Waals surface area contributed by atoms with Gasteiger partial charge in [-0.15, -0.1) is 0 Å². The largest absolute Gasteiger partial charge is 0.365 e. The zero-order chi connectivity index (χ0) is 5.56. The molecule has 3 atom stereocenters. The van der Waals surface area contributed by atoms with E-state index < -0.39 is 0 Å². The molecule has 2 fully saturated rings. The van der Waals surface area contributed by atoms with E-state index in [1.807, 2.05) is 0 Å². The summed E-state index contributed by atoms with van der Waals surface area (Å²) < 4.78 is 5.42. The van der Waals surface area contributed by atoms with E-state index in [9.17, 15) is 0 Å². The van der Waals surface area contributed by atoms with Gasteiger partial charge in [0.05, 0.1) is 6.10 Å². The molecule has 0 saturated carbocycles. The number of hydrogen-bond acceptors (Lipinski definition) is 1. The van der Waals surface area contributed by atoms with Crippen LogP contribution in [-0.4, -0.2) is 24.8 Å². The number of fused-ring (bicyclic) bond motifs is 1. The molecule has 0 aliphatic carbocycles. The lowest BCUT2D eigenvalue weighted by atomic mass is 10.3. The summed E-state index contributed by atoms with van der Waals surface area (Å²) in [6.07, 6.45) is 4.93. The molecule has 0 N–H and O–H groups in total. The molecule has 2 aliphatic rings. The Hall–Kier alpha value is 0.390. The molecule has 2 saturated heterocycles. The van der Waals surface area contributed by atoms with Crippen LogP contribution < -0.4 is 0 Å². The summed E-state index contributed by atoms with van der Waals surface area (Å²) in [7, 11) is 0.299. The second-order valence-electron chi connectivity index (χ2n) is 2.69. The van der Waals surface area contributed by atoms with E-state index in [1.54, 1.807) is 0 Å². The minimum Gasteiger partial charge on any atom is -0.365 e. The van der Waals surface area contributed by atoms with Gasteiger partial charge in [0.15, 0.2) is 0 Å². The smallest absolute Gasteiger partial charge is 0.103 e. The number of hydrogen-bond donors (Lipinski definition) is 0. The summed E-state index contributed by atoms with van der Waals surface area (Å²) in [6, 6.07) is 0. The summed E-state index contributed by atoms with van der Waals surface area (Å²) in [5, 5.41) is 0. The van der Waals surface area contributed by atoms with Crippen molar-refractivity contribution in [3.05, 3.63) is 0 Å². The van der Waals surface area contributed by atoms with E-state index in [1.165, 1.54) is 19.0 Å². The van der Waals surface area contributed by atoms with Gasteiger partial charge >= 0.3 is 0 Å². The van der Waals surface area contributed by atoms with Crippen LogP contribution in [0.4, 0.5) is 0 Å². The van der Waals surface area contributed by atoms with Crippen LogP contribution >= 0.6 is 7.92 Å². The van der Waals surface area contributed by atoms with Crippen molar-refractivity contribution < 1.29 is 4.74 Å². The van der Waals surface area contributed by atoms with E-state index >= 15 is 0 Å². The highest BCUT2D eigenvalue weighted by atomic mass is 31.1. The van der Waals surface area contributed by atoms with Crippen molar-refractivity contribution in [3.8, 4) is 0 Å². The van der Waals surface area contributed by atoms with Crippen molar-refractivity contribution >= 4 is 7.92 Å². The molecule has 0 aromatic carbocycles. The quantitative estimate of drug-likeness (QED) is 0.358. The van der Waals surface area contributed by atoms with Gasteiger partial charge in [-0.25, -0.2) is 0 Å². The van der Waals surface area contributed by atoms with Crippen LogP contribution in [0, 0.1) is 0 Å². The van der Waals surface area contributed by atoms with Crippen LogP contribution in [-0.2, 0) is 4.74 Å². The molecule has 2 aliphatic heterocycles. The molecule has 0 radical (unpaired) electrons. The summed E-state index contributed by atoms with van der Waals surface area (Å²) in [5.41, 5.74) is 0. The maximum Gasteiger partial charge on any atom is 0.103 e. The van der Waals surface area contributed by atoms with Crippen molar-refractivity contribution in [1.29, 1.82) is 0 Å². The van der Waals surface area contributed by atoms with Gasteiger partial charge < -0.3 is 4.74 Å². The fourth-order valence-electron chi connectivity index (χ4n) is 1.40. The van der Waals surface area contributed by atoms with Gasteiger partial charge in [-0.2, -0.15) is 0 Å². The highest BCUT2D eigenvalue weighted by Crippen LogP contribution is 2.55. The first kappa shape index (κ1) is 5.20. The Morgan fingerprint density at radius 1 is 1.62 bits per heavy atom. The van der Waals surface area contributed by atoms with Crippen LogP contribution in [0.1, 0.15) is 12.8 Å². The second-order valence-corrected chi connectivity index (χ2v) is 5.16. The van der Waals surface area contributed by atoms with Gasteiger partial charge in [0.25, 0.3) is 0 Å². The first-order valence-corrected chi connectivity index (χ1v) is 5.28. The Bertz CT molecular complexity index is 105. The Morgan fingerprint density at radius 3 is 3.12 bits per heavy atom. The van der Waals surface area contributed by atoms with E-state index in [0.29, 0.717) is 14.0 Å². The SMILES string of the molecule is CP1CCCC2OC21. The Kier molecular flexibility index (Phi) is 1.09. The first-order valence-electron chi connectivity index (χ1n) is 3.23. The third-order valence-electron chi connectivity index (χ3n) is 1.99. The molecule has 3 unspecified atom stereocenters. The van der Waals surface area contributed by atoms with Crippen LogP contribution in [0.3, 0.4) is 0 Å². The van der Waals surface area contributed by atoms with Crippen LogP contribution in [0.2, 0.25) is 0 Å². The van der Waals surface area contributed by atoms with Gasteiger partial charge in [-0.1, -0.05) is 7.92 Å². The fraction of sp³-hybridized carbons (Fsp3) is 1.00. The zero-order valence-corrected chi connectivity index (χ0v) is 6.03. The zero-order valence-electron chi connectivity index (χ0n) is 5.13. The summed E-state index contributed by atoms with van der Waals surface area (Å²) in [6.45, 7) is 2.36. The molecule has 2 heteroatoms. The highest BCUT2D eigenvalue weighted by Gasteiger charge is 2.44. The molecule has 2 rings (SSSR count). The average Bonchev–Trinajstić information content (AvgIpc) is 2.45. The van der Waals surface area contributed by atoms with E-state index in [4.69, 9.17) is 4.74 Å². The van der Waals surface area contributed by atoms with Crippen LogP contribution in [0.25, 0.3) is 0 Å². The molecule has 0 bridgehead atoms. The monoisotopic (exact) mass is 130 g/mol. The van der Waals surface area contributed by atoms with Gasteiger partial charge in [-0.05, 0) is 25.7 Å². The third-order valence-corrected chi connectivity index (χ3v) is 4.33. The van der Waals surface area contributed by atoms with Crippen molar-refractivity contribution in [1.82, 2.24) is 0 Å². The molecular formula is C6H11OP. The van der Waals surface area contributed by atoms with Gasteiger partial charge in [0.2, 0.25) is 0 Å². The second kappa shape index (κ2) is 1.68. The normalized spacial score (nSPS) is 52.9. The summed E-state index contributed by atoms with van der Waals surface area (Å²) >= 11 is 0. The van der Waals surface area contributed by atoms with Crippen molar-refractivity contribution in [2.24, 2.45) is 0 Å². The Labute approximate surface area is 51.2 Å². The fourth-order valence-corrected chi connectivity index (χ4v) is 3.42.